The smallest absolute Gasteiger partial charge is 0.257 e. The van der Waals surface area contributed by atoms with Crippen LogP contribution in [-0.4, -0.2) is 26.6 Å². The van der Waals surface area contributed by atoms with Crippen molar-refractivity contribution in [2.75, 3.05) is 12.4 Å². The predicted molar refractivity (Wildman–Crippen MR) is 101 cm³/mol. The average Bonchev–Trinajstić information content (AvgIpc) is 3.37. The maximum Gasteiger partial charge on any atom is 0.257 e. The molecule has 5 rings (SSSR count). The Morgan fingerprint density at radius 1 is 0.923 bits per heavy atom. The maximum atomic E-state index is 5.52. The summed E-state index contributed by atoms with van der Waals surface area (Å²) in [6, 6.07) is 20.0. The van der Waals surface area contributed by atoms with Crippen LogP contribution in [0.5, 0.6) is 0 Å². The lowest BCUT2D eigenvalue weighted by atomic mass is 10.1. The van der Waals surface area contributed by atoms with E-state index in [2.05, 4.69) is 26.6 Å². The minimum absolute atomic E-state index is 0.562. The summed E-state index contributed by atoms with van der Waals surface area (Å²) in [4.78, 5) is 4.60. The monoisotopic (exact) mass is 341 g/mol. The van der Waals surface area contributed by atoms with Crippen LogP contribution in [0.3, 0.4) is 0 Å². The van der Waals surface area contributed by atoms with E-state index in [4.69, 9.17) is 4.42 Å². The molecule has 3 aromatic heterocycles. The molecule has 0 unspecified atom stereocenters. The molecule has 0 aliphatic carbocycles. The first kappa shape index (κ1) is 14.7. The molecule has 26 heavy (non-hydrogen) atoms. The second-order valence-electron chi connectivity index (χ2n) is 5.94. The molecule has 0 saturated heterocycles. The largest absolute Gasteiger partial charge is 0.464 e. The van der Waals surface area contributed by atoms with Gasteiger partial charge in [0.25, 0.3) is 5.78 Å². The zero-order chi connectivity index (χ0) is 17.5. The van der Waals surface area contributed by atoms with Gasteiger partial charge in [0.05, 0.1) is 11.8 Å². The number of nitrogens with one attached hydrogen (secondary N) is 1. The van der Waals surface area contributed by atoms with E-state index in [0.717, 1.165) is 39.4 Å². The summed E-state index contributed by atoms with van der Waals surface area (Å²) in [6.07, 6.45) is 1.67. The molecule has 6 heteroatoms. The minimum Gasteiger partial charge on any atom is -0.464 e. The first-order valence-corrected chi connectivity index (χ1v) is 8.31. The van der Waals surface area contributed by atoms with Crippen molar-refractivity contribution in [1.29, 1.82) is 0 Å². The minimum atomic E-state index is 0.562. The highest BCUT2D eigenvalue weighted by atomic mass is 16.3. The number of aromatic nitrogens is 4. The highest BCUT2D eigenvalue weighted by Crippen LogP contribution is 2.29. The molecule has 0 fully saturated rings. The number of furan rings is 1. The molecule has 1 N–H and O–H groups in total. The summed E-state index contributed by atoms with van der Waals surface area (Å²) in [5.74, 6) is 2.92. The van der Waals surface area contributed by atoms with Crippen molar-refractivity contribution >= 4 is 22.5 Å². The van der Waals surface area contributed by atoms with Gasteiger partial charge < -0.3 is 9.73 Å². The molecule has 3 heterocycles. The molecule has 0 aliphatic rings. The van der Waals surface area contributed by atoms with Crippen molar-refractivity contribution in [3.8, 4) is 22.7 Å². The average molecular weight is 341 g/mol. The van der Waals surface area contributed by atoms with Crippen molar-refractivity contribution in [3.05, 3.63) is 66.9 Å². The molecule has 0 aliphatic heterocycles. The molecule has 0 bridgehead atoms. The van der Waals surface area contributed by atoms with Gasteiger partial charge in [-0.15, -0.1) is 10.2 Å². The number of para-hydroxylation sites is 1. The van der Waals surface area contributed by atoms with E-state index in [-0.39, 0.29) is 0 Å². The molecule has 0 radical (unpaired) electrons. The van der Waals surface area contributed by atoms with Crippen molar-refractivity contribution in [3.63, 3.8) is 0 Å². The first-order chi connectivity index (χ1) is 12.8. The van der Waals surface area contributed by atoms with Gasteiger partial charge in [0.2, 0.25) is 0 Å². The summed E-state index contributed by atoms with van der Waals surface area (Å²) in [6.45, 7) is 0. The van der Waals surface area contributed by atoms with E-state index in [1.165, 1.54) is 0 Å². The van der Waals surface area contributed by atoms with Crippen LogP contribution in [-0.2, 0) is 0 Å². The van der Waals surface area contributed by atoms with Gasteiger partial charge in [-0.25, -0.2) is 0 Å². The zero-order valence-corrected chi connectivity index (χ0v) is 14.0. The summed E-state index contributed by atoms with van der Waals surface area (Å²) in [5, 5.41) is 12.8. The Morgan fingerprint density at radius 3 is 2.65 bits per heavy atom. The fourth-order valence-corrected chi connectivity index (χ4v) is 3.23. The number of hydrogen-bond acceptors (Lipinski definition) is 5. The van der Waals surface area contributed by atoms with Gasteiger partial charge >= 0.3 is 0 Å². The molecular weight excluding hydrogens is 326 g/mol. The predicted octanol–water partition coefficient (Wildman–Crippen LogP) is 4.25. The third kappa shape index (κ3) is 2.16. The van der Waals surface area contributed by atoms with E-state index in [0.29, 0.717) is 5.78 Å². The Morgan fingerprint density at radius 2 is 1.81 bits per heavy atom. The summed E-state index contributed by atoms with van der Waals surface area (Å²) in [5.41, 5.74) is 2.95. The number of benzene rings is 2. The Labute approximate surface area is 149 Å². The van der Waals surface area contributed by atoms with Crippen LogP contribution in [0.2, 0.25) is 0 Å². The van der Waals surface area contributed by atoms with Gasteiger partial charge in [-0.1, -0.05) is 30.3 Å². The number of nitrogens with zero attached hydrogens (tertiary/aromatic N) is 4. The summed E-state index contributed by atoms with van der Waals surface area (Å²) >= 11 is 0. The topological polar surface area (TPSA) is 68.2 Å². The van der Waals surface area contributed by atoms with Gasteiger partial charge in [-0.05, 0) is 30.3 Å². The third-order valence-corrected chi connectivity index (χ3v) is 4.42. The van der Waals surface area contributed by atoms with Crippen LogP contribution in [0, 0.1) is 0 Å². The van der Waals surface area contributed by atoms with Gasteiger partial charge in [-0.2, -0.15) is 4.98 Å². The van der Waals surface area contributed by atoms with Crippen LogP contribution < -0.4 is 5.32 Å². The van der Waals surface area contributed by atoms with Crippen molar-refractivity contribution in [1.82, 2.24) is 19.6 Å². The SMILES string of the molecule is CNc1nc2nnc(-c3cccc(-c4ccco4)c3)n2c2ccccc12. The Hall–Kier alpha value is -3.67. The van der Waals surface area contributed by atoms with Crippen LogP contribution in [0.1, 0.15) is 0 Å². The zero-order valence-electron chi connectivity index (χ0n) is 14.0. The third-order valence-electron chi connectivity index (χ3n) is 4.42. The normalized spacial score (nSPS) is 11.3. The number of anilines is 1. The van der Waals surface area contributed by atoms with Crippen LogP contribution >= 0.6 is 0 Å². The quantitative estimate of drug-likeness (QED) is 0.531. The Kier molecular flexibility index (Phi) is 3.21. The van der Waals surface area contributed by atoms with E-state index < -0.39 is 0 Å². The van der Waals surface area contributed by atoms with Gasteiger partial charge in [0.1, 0.15) is 11.6 Å². The fraction of sp³-hybridized carbons (Fsp3) is 0.0500. The molecule has 2 aromatic carbocycles. The number of hydrogen-bond donors (Lipinski definition) is 1. The van der Waals surface area contributed by atoms with E-state index in [1.807, 2.05) is 66.0 Å². The van der Waals surface area contributed by atoms with Gasteiger partial charge in [0.15, 0.2) is 5.82 Å². The summed E-state index contributed by atoms with van der Waals surface area (Å²) in [7, 11) is 1.86. The van der Waals surface area contributed by atoms with Crippen molar-refractivity contribution in [2.45, 2.75) is 0 Å². The molecule has 126 valence electrons. The molecule has 0 atom stereocenters. The Balaban J connectivity index is 1.79. The molecular formula is C20H15N5O. The lowest BCUT2D eigenvalue weighted by molar-refractivity contribution is 0.582. The number of fused-ring (bicyclic) bond motifs is 3. The Bertz CT molecular complexity index is 1220. The lowest BCUT2D eigenvalue weighted by Crippen LogP contribution is -2.00. The van der Waals surface area contributed by atoms with E-state index in [1.54, 1.807) is 6.26 Å². The second-order valence-corrected chi connectivity index (χ2v) is 5.94. The molecule has 5 aromatic rings. The second kappa shape index (κ2) is 5.70. The maximum absolute atomic E-state index is 5.52. The van der Waals surface area contributed by atoms with Crippen LogP contribution in [0.25, 0.3) is 39.4 Å². The van der Waals surface area contributed by atoms with Crippen molar-refractivity contribution in [2.24, 2.45) is 0 Å². The number of rotatable bonds is 3. The van der Waals surface area contributed by atoms with E-state index in [9.17, 15) is 0 Å². The molecule has 0 spiro atoms. The molecule has 0 saturated carbocycles. The van der Waals surface area contributed by atoms with Gasteiger partial charge in [0, 0.05) is 23.6 Å². The first-order valence-electron chi connectivity index (χ1n) is 8.31. The highest BCUT2D eigenvalue weighted by Gasteiger charge is 2.15. The van der Waals surface area contributed by atoms with Crippen LogP contribution in [0.15, 0.2) is 71.3 Å². The molecule has 0 amide bonds. The van der Waals surface area contributed by atoms with E-state index >= 15 is 0 Å². The van der Waals surface area contributed by atoms with Gasteiger partial charge in [-0.3, -0.25) is 4.40 Å². The standard InChI is InChI=1S/C20H15N5O/c1-21-18-15-8-2-3-9-16(15)25-19(23-24-20(25)22-18)14-7-4-6-13(12-14)17-10-5-11-26-17/h2-12H,1H3,(H,21,22,24). The van der Waals surface area contributed by atoms with Crippen molar-refractivity contribution < 1.29 is 4.42 Å². The highest BCUT2D eigenvalue weighted by molar-refractivity contribution is 5.92. The van der Waals surface area contributed by atoms with Crippen LogP contribution in [0.4, 0.5) is 5.82 Å². The summed E-state index contributed by atoms with van der Waals surface area (Å²) < 4.78 is 7.50. The lowest BCUT2D eigenvalue weighted by Gasteiger charge is -2.09. The molecule has 6 nitrogen and oxygen atoms in total. The fourth-order valence-electron chi connectivity index (χ4n) is 3.23.